The standard InChI is InChI=1S/C25H23N3O6/c1-4-12-27(13-5-2)22(30)15-34-25(33)17-6-11-20-21(14-17)24(32)28(23(20)31)19-9-7-18(8-10-19)26-16(3)29/h4-11,14H,1-2,12-13,15H2,3H3,(H,26,29). The zero-order valence-electron chi connectivity index (χ0n) is 18.6. The number of imide groups is 1. The highest BCUT2D eigenvalue weighted by Crippen LogP contribution is 2.30. The Hall–Kier alpha value is -4.53. The monoisotopic (exact) mass is 461 g/mol. The van der Waals surface area contributed by atoms with E-state index in [1.807, 2.05) is 0 Å². The van der Waals surface area contributed by atoms with E-state index in [0.717, 1.165) is 4.90 Å². The van der Waals surface area contributed by atoms with Crippen molar-refractivity contribution in [2.75, 3.05) is 29.9 Å². The summed E-state index contributed by atoms with van der Waals surface area (Å²) < 4.78 is 5.10. The second-order valence-corrected chi connectivity index (χ2v) is 7.39. The first-order valence-corrected chi connectivity index (χ1v) is 10.3. The van der Waals surface area contributed by atoms with Crippen LogP contribution in [0.5, 0.6) is 0 Å². The van der Waals surface area contributed by atoms with Crippen LogP contribution < -0.4 is 10.2 Å². The van der Waals surface area contributed by atoms with Crippen LogP contribution in [0.25, 0.3) is 0 Å². The van der Waals surface area contributed by atoms with Crippen molar-refractivity contribution in [2.45, 2.75) is 6.92 Å². The predicted molar refractivity (Wildman–Crippen MR) is 126 cm³/mol. The maximum absolute atomic E-state index is 12.9. The molecule has 3 rings (SSSR count). The Bertz CT molecular complexity index is 1180. The van der Waals surface area contributed by atoms with E-state index in [4.69, 9.17) is 4.74 Å². The van der Waals surface area contributed by atoms with Crippen LogP contribution in [0.3, 0.4) is 0 Å². The predicted octanol–water partition coefficient (Wildman–Crippen LogP) is 2.80. The Kier molecular flexibility index (Phi) is 7.37. The van der Waals surface area contributed by atoms with Crippen molar-refractivity contribution in [1.29, 1.82) is 0 Å². The number of anilines is 2. The number of nitrogens with zero attached hydrogens (tertiary/aromatic N) is 2. The van der Waals surface area contributed by atoms with Gasteiger partial charge in [-0.25, -0.2) is 9.69 Å². The molecule has 1 heterocycles. The summed E-state index contributed by atoms with van der Waals surface area (Å²) >= 11 is 0. The van der Waals surface area contributed by atoms with Gasteiger partial charge in [-0.15, -0.1) is 13.2 Å². The summed E-state index contributed by atoms with van der Waals surface area (Å²) in [7, 11) is 0. The molecule has 2 aromatic rings. The molecular formula is C25H23N3O6. The fraction of sp³-hybridized carbons (Fsp3) is 0.160. The number of nitrogens with one attached hydrogen (secondary N) is 1. The molecule has 0 radical (unpaired) electrons. The average molecular weight is 461 g/mol. The average Bonchev–Trinajstić information content (AvgIpc) is 3.06. The third-order valence-electron chi connectivity index (χ3n) is 4.95. The van der Waals surface area contributed by atoms with Gasteiger partial charge < -0.3 is 15.0 Å². The number of carbonyl (C=O) groups is 5. The Balaban J connectivity index is 1.74. The van der Waals surface area contributed by atoms with Crippen LogP contribution >= 0.6 is 0 Å². The number of amides is 4. The Morgan fingerprint density at radius 1 is 0.971 bits per heavy atom. The van der Waals surface area contributed by atoms with Gasteiger partial charge in [0.15, 0.2) is 6.61 Å². The van der Waals surface area contributed by atoms with E-state index in [1.165, 1.54) is 42.2 Å². The van der Waals surface area contributed by atoms with Crippen molar-refractivity contribution in [3.8, 4) is 0 Å². The van der Waals surface area contributed by atoms with Gasteiger partial charge in [-0.05, 0) is 42.5 Å². The van der Waals surface area contributed by atoms with Crippen molar-refractivity contribution in [2.24, 2.45) is 0 Å². The minimum absolute atomic E-state index is 0.0366. The number of esters is 1. The van der Waals surface area contributed by atoms with Gasteiger partial charge in [0.05, 0.1) is 22.4 Å². The summed E-state index contributed by atoms with van der Waals surface area (Å²) in [6, 6.07) is 10.2. The first-order valence-electron chi connectivity index (χ1n) is 10.3. The van der Waals surface area contributed by atoms with Gasteiger partial charge >= 0.3 is 5.97 Å². The number of ether oxygens (including phenoxy) is 1. The Morgan fingerprint density at radius 2 is 1.59 bits per heavy atom. The molecule has 9 heteroatoms. The maximum Gasteiger partial charge on any atom is 0.338 e. The fourth-order valence-electron chi connectivity index (χ4n) is 3.39. The van der Waals surface area contributed by atoms with Crippen molar-refractivity contribution in [3.05, 3.63) is 84.5 Å². The molecule has 1 N–H and O–H groups in total. The van der Waals surface area contributed by atoms with Crippen LogP contribution in [0.2, 0.25) is 0 Å². The zero-order valence-corrected chi connectivity index (χ0v) is 18.6. The van der Waals surface area contributed by atoms with E-state index in [-0.39, 0.29) is 35.7 Å². The molecule has 0 aliphatic carbocycles. The number of fused-ring (bicyclic) bond motifs is 1. The lowest BCUT2D eigenvalue weighted by molar-refractivity contribution is -0.133. The molecule has 0 bridgehead atoms. The topological polar surface area (TPSA) is 113 Å². The van der Waals surface area contributed by atoms with E-state index in [2.05, 4.69) is 18.5 Å². The first kappa shape index (κ1) is 24.1. The summed E-state index contributed by atoms with van der Waals surface area (Å²) in [4.78, 5) is 64.1. The summed E-state index contributed by atoms with van der Waals surface area (Å²) in [5.41, 5.74) is 1.07. The van der Waals surface area contributed by atoms with Gasteiger partial charge in [0.2, 0.25) is 5.91 Å². The van der Waals surface area contributed by atoms with E-state index in [1.54, 1.807) is 24.3 Å². The molecule has 174 valence electrons. The third-order valence-corrected chi connectivity index (χ3v) is 4.95. The van der Waals surface area contributed by atoms with Crippen LogP contribution in [-0.2, 0) is 14.3 Å². The normalized spacial score (nSPS) is 12.1. The van der Waals surface area contributed by atoms with Gasteiger partial charge in [-0.1, -0.05) is 12.2 Å². The number of benzene rings is 2. The molecule has 4 amide bonds. The lowest BCUT2D eigenvalue weighted by Crippen LogP contribution is -2.35. The van der Waals surface area contributed by atoms with Gasteiger partial charge in [0.25, 0.3) is 17.7 Å². The highest BCUT2D eigenvalue weighted by atomic mass is 16.5. The van der Waals surface area contributed by atoms with E-state index in [9.17, 15) is 24.0 Å². The lowest BCUT2D eigenvalue weighted by Gasteiger charge is -2.18. The van der Waals surface area contributed by atoms with Gasteiger partial charge in [0.1, 0.15) is 0 Å². The molecular weight excluding hydrogens is 438 g/mol. The SMILES string of the molecule is C=CCN(CC=C)C(=O)COC(=O)c1ccc2c(c1)C(=O)N(c1ccc(NC(C)=O)cc1)C2=O. The summed E-state index contributed by atoms with van der Waals surface area (Å²) in [6.07, 6.45) is 3.09. The lowest BCUT2D eigenvalue weighted by atomic mass is 10.1. The minimum atomic E-state index is -0.799. The molecule has 0 saturated carbocycles. The Labute approximate surface area is 196 Å². The molecule has 0 fully saturated rings. The van der Waals surface area contributed by atoms with Crippen molar-refractivity contribution in [1.82, 2.24) is 4.90 Å². The van der Waals surface area contributed by atoms with Crippen LogP contribution in [0, 0.1) is 0 Å². The van der Waals surface area contributed by atoms with Crippen LogP contribution in [0.1, 0.15) is 38.0 Å². The zero-order chi connectivity index (χ0) is 24.8. The summed E-state index contributed by atoms with van der Waals surface area (Å²) in [5.74, 6) is -2.60. The second-order valence-electron chi connectivity index (χ2n) is 7.39. The summed E-state index contributed by atoms with van der Waals surface area (Å²) in [6.45, 7) is 8.60. The highest BCUT2D eigenvalue weighted by molar-refractivity contribution is 6.34. The molecule has 2 aromatic carbocycles. The van der Waals surface area contributed by atoms with Crippen LogP contribution in [0.15, 0.2) is 67.8 Å². The molecule has 0 atom stereocenters. The molecule has 0 spiro atoms. The van der Waals surface area contributed by atoms with Crippen molar-refractivity contribution in [3.63, 3.8) is 0 Å². The third kappa shape index (κ3) is 5.09. The number of hydrogen-bond acceptors (Lipinski definition) is 6. The molecule has 0 unspecified atom stereocenters. The van der Waals surface area contributed by atoms with E-state index in [0.29, 0.717) is 11.4 Å². The van der Waals surface area contributed by atoms with Crippen LogP contribution in [-0.4, -0.2) is 54.2 Å². The maximum atomic E-state index is 12.9. The minimum Gasteiger partial charge on any atom is -0.452 e. The molecule has 9 nitrogen and oxygen atoms in total. The highest BCUT2D eigenvalue weighted by Gasteiger charge is 2.37. The van der Waals surface area contributed by atoms with Crippen molar-refractivity contribution < 1.29 is 28.7 Å². The molecule has 34 heavy (non-hydrogen) atoms. The molecule has 0 aromatic heterocycles. The smallest absolute Gasteiger partial charge is 0.338 e. The van der Waals surface area contributed by atoms with E-state index < -0.39 is 30.3 Å². The molecule has 0 saturated heterocycles. The molecule has 1 aliphatic heterocycles. The van der Waals surface area contributed by atoms with Crippen molar-refractivity contribution >= 4 is 41.0 Å². The number of rotatable bonds is 9. The van der Waals surface area contributed by atoms with Crippen LogP contribution in [0.4, 0.5) is 11.4 Å². The number of carbonyl (C=O) groups excluding carboxylic acids is 5. The number of hydrogen-bond donors (Lipinski definition) is 1. The van der Waals surface area contributed by atoms with Gasteiger partial charge in [-0.3, -0.25) is 19.2 Å². The fourth-order valence-corrected chi connectivity index (χ4v) is 3.39. The summed E-state index contributed by atoms with van der Waals surface area (Å²) in [5, 5.41) is 2.61. The Morgan fingerprint density at radius 3 is 2.18 bits per heavy atom. The molecule has 1 aliphatic rings. The van der Waals surface area contributed by atoms with E-state index >= 15 is 0 Å². The second kappa shape index (κ2) is 10.4. The van der Waals surface area contributed by atoms with Gasteiger partial charge in [0, 0.05) is 25.7 Å². The first-order chi connectivity index (χ1) is 16.3. The van der Waals surface area contributed by atoms with Gasteiger partial charge in [-0.2, -0.15) is 0 Å². The largest absolute Gasteiger partial charge is 0.452 e. The quantitative estimate of drug-likeness (QED) is 0.349.